The molecule has 0 bridgehead atoms. The highest BCUT2D eigenvalue weighted by molar-refractivity contribution is 6.18. The molecule has 1 saturated heterocycles. The maximum atomic E-state index is 12.7. The number of nitrogens with two attached hydrogens (primary N) is 1. The molecule has 1 heterocycles. The van der Waals surface area contributed by atoms with Crippen molar-refractivity contribution in [3.63, 3.8) is 0 Å². The molecule has 2 N–H and O–H groups in total. The van der Waals surface area contributed by atoms with E-state index < -0.39 is 17.8 Å². The van der Waals surface area contributed by atoms with Crippen molar-refractivity contribution in [2.45, 2.75) is 18.9 Å². The lowest BCUT2D eigenvalue weighted by molar-refractivity contribution is -0.130. The van der Waals surface area contributed by atoms with Crippen molar-refractivity contribution in [1.29, 1.82) is 0 Å². The molecule has 1 aromatic rings. The predicted molar refractivity (Wildman–Crippen MR) is 56.1 cm³/mol. The van der Waals surface area contributed by atoms with Gasteiger partial charge in [-0.25, -0.2) is 9.29 Å². The molecular formula is C11H11FN2O2. The molecule has 0 spiro atoms. The molecule has 5 heteroatoms. The number of imide groups is 1. The predicted octanol–water partition coefficient (Wildman–Crippen LogP) is 0.806. The summed E-state index contributed by atoms with van der Waals surface area (Å²) < 4.78 is 12.7. The van der Waals surface area contributed by atoms with Gasteiger partial charge in [0.05, 0.1) is 11.7 Å². The normalized spacial score (nSPS) is 21.4. The molecule has 0 aromatic heterocycles. The molecule has 0 unspecified atom stereocenters. The first-order valence-electron chi connectivity index (χ1n) is 4.97. The van der Waals surface area contributed by atoms with Gasteiger partial charge >= 0.3 is 0 Å². The van der Waals surface area contributed by atoms with Crippen LogP contribution in [0.25, 0.3) is 0 Å². The van der Waals surface area contributed by atoms with E-state index in [2.05, 4.69) is 0 Å². The SMILES string of the molecule is N[C@H]1CCC(=O)N(c2ccc(F)cc2)C1=O. The summed E-state index contributed by atoms with van der Waals surface area (Å²) in [5.74, 6) is -1.13. The minimum absolute atomic E-state index is 0.240. The minimum Gasteiger partial charge on any atom is -0.320 e. The molecule has 0 radical (unpaired) electrons. The van der Waals surface area contributed by atoms with Crippen molar-refractivity contribution < 1.29 is 14.0 Å². The van der Waals surface area contributed by atoms with Crippen LogP contribution in [-0.2, 0) is 9.59 Å². The minimum atomic E-state index is -0.650. The van der Waals surface area contributed by atoms with Gasteiger partial charge in [-0.1, -0.05) is 0 Å². The number of amides is 2. The second-order valence-corrected chi connectivity index (χ2v) is 3.69. The van der Waals surface area contributed by atoms with Crippen LogP contribution in [-0.4, -0.2) is 17.9 Å². The maximum Gasteiger partial charge on any atom is 0.250 e. The molecule has 1 aliphatic rings. The van der Waals surface area contributed by atoms with Crippen LogP contribution < -0.4 is 10.6 Å². The van der Waals surface area contributed by atoms with Gasteiger partial charge in [-0.15, -0.1) is 0 Å². The largest absolute Gasteiger partial charge is 0.320 e. The number of nitrogens with zero attached hydrogens (tertiary/aromatic N) is 1. The van der Waals surface area contributed by atoms with Gasteiger partial charge in [0.2, 0.25) is 5.91 Å². The number of carbonyl (C=O) groups is 2. The lowest BCUT2D eigenvalue weighted by atomic mass is 10.0. The van der Waals surface area contributed by atoms with E-state index in [0.717, 1.165) is 4.90 Å². The average molecular weight is 222 g/mol. The Hall–Kier alpha value is -1.75. The quantitative estimate of drug-likeness (QED) is 0.715. The van der Waals surface area contributed by atoms with E-state index in [1.807, 2.05) is 0 Å². The van der Waals surface area contributed by atoms with Gasteiger partial charge in [0.15, 0.2) is 0 Å². The topological polar surface area (TPSA) is 63.4 Å². The Morgan fingerprint density at radius 1 is 1.25 bits per heavy atom. The van der Waals surface area contributed by atoms with E-state index in [9.17, 15) is 14.0 Å². The van der Waals surface area contributed by atoms with Crippen molar-refractivity contribution >= 4 is 17.5 Å². The van der Waals surface area contributed by atoms with Gasteiger partial charge in [0.1, 0.15) is 5.82 Å². The Morgan fingerprint density at radius 3 is 2.50 bits per heavy atom. The Labute approximate surface area is 91.8 Å². The fourth-order valence-corrected chi connectivity index (χ4v) is 1.66. The molecule has 16 heavy (non-hydrogen) atoms. The van der Waals surface area contributed by atoms with E-state index >= 15 is 0 Å². The molecule has 1 atom stereocenters. The van der Waals surface area contributed by atoms with E-state index in [0.29, 0.717) is 12.1 Å². The van der Waals surface area contributed by atoms with Gasteiger partial charge < -0.3 is 5.73 Å². The molecule has 1 aromatic carbocycles. The molecule has 0 saturated carbocycles. The average Bonchev–Trinajstić information content (AvgIpc) is 2.27. The molecule has 1 aliphatic heterocycles. The third kappa shape index (κ3) is 1.81. The summed E-state index contributed by atoms with van der Waals surface area (Å²) in [6.07, 6.45) is 0.611. The molecule has 2 amide bonds. The molecule has 0 aliphatic carbocycles. The van der Waals surface area contributed by atoms with Crippen LogP contribution in [0.4, 0.5) is 10.1 Å². The fraction of sp³-hybridized carbons (Fsp3) is 0.273. The van der Waals surface area contributed by atoms with Crippen LogP contribution in [0.1, 0.15) is 12.8 Å². The van der Waals surface area contributed by atoms with Gasteiger partial charge in [0.25, 0.3) is 5.91 Å². The third-order valence-corrected chi connectivity index (χ3v) is 2.54. The number of piperidine rings is 1. The Bertz CT molecular complexity index is 430. The summed E-state index contributed by atoms with van der Waals surface area (Å²) in [7, 11) is 0. The summed E-state index contributed by atoms with van der Waals surface area (Å²) in [6, 6.07) is 4.54. The van der Waals surface area contributed by atoms with Gasteiger partial charge in [-0.05, 0) is 30.7 Å². The van der Waals surface area contributed by atoms with Crippen molar-refractivity contribution in [3.05, 3.63) is 30.1 Å². The fourth-order valence-electron chi connectivity index (χ4n) is 1.66. The summed E-state index contributed by atoms with van der Waals surface area (Å²) in [5.41, 5.74) is 5.95. The highest BCUT2D eigenvalue weighted by atomic mass is 19.1. The smallest absolute Gasteiger partial charge is 0.250 e. The van der Waals surface area contributed by atoms with Crippen LogP contribution in [0, 0.1) is 5.82 Å². The number of anilines is 1. The van der Waals surface area contributed by atoms with Gasteiger partial charge in [-0.2, -0.15) is 0 Å². The Balaban J connectivity index is 2.34. The summed E-state index contributed by atoms with van der Waals surface area (Å²) in [4.78, 5) is 24.3. The van der Waals surface area contributed by atoms with Crippen LogP contribution in [0.2, 0.25) is 0 Å². The van der Waals surface area contributed by atoms with Crippen molar-refractivity contribution in [3.8, 4) is 0 Å². The zero-order valence-electron chi connectivity index (χ0n) is 8.52. The second kappa shape index (κ2) is 4.02. The van der Waals surface area contributed by atoms with Crippen molar-refractivity contribution in [2.75, 3.05) is 4.90 Å². The number of hydrogen-bond acceptors (Lipinski definition) is 3. The molecular weight excluding hydrogens is 211 g/mol. The first-order chi connectivity index (χ1) is 7.59. The van der Waals surface area contributed by atoms with E-state index in [4.69, 9.17) is 5.73 Å². The third-order valence-electron chi connectivity index (χ3n) is 2.54. The van der Waals surface area contributed by atoms with E-state index in [-0.39, 0.29) is 12.3 Å². The number of carbonyl (C=O) groups excluding carboxylic acids is 2. The first-order valence-corrected chi connectivity index (χ1v) is 4.97. The number of halogens is 1. The van der Waals surface area contributed by atoms with Crippen molar-refractivity contribution in [1.82, 2.24) is 0 Å². The van der Waals surface area contributed by atoms with Gasteiger partial charge in [0, 0.05) is 6.42 Å². The standard InChI is InChI=1S/C11H11FN2O2/c12-7-1-3-8(4-2-7)14-10(15)6-5-9(13)11(14)16/h1-4,9H,5-6,13H2/t9-/m0/s1. The molecule has 84 valence electrons. The molecule has 4 nitrogen and oxygen atoms in total. The maximum absolute atomic E-state index is 12.7. The summed E-state index contributed by atoms with van der Waals surface area (Å²) in [6.45, 7) is 0. The van der Waals surface area contributed by atoms with Gasteiger partial charge in [-0.3, -0.25) is 9.59 Å². The lowest BCUT2D eigenvalue weighted by Gasteiger charge is -2.28. The van der Waals surface area contributed by atoms with Crippen molar-refractivity contribution in [2.24, 2.45) is 5.73 Å². The number of benzene rings is 1. The molecule has 1 fully saturated rings. The molecule has 2 rings (SSSR count). The van der Waals surface area contributed by atoms with E-state index in [1.54, 1.807) is 0 Å². The van der Waals surface area contributed by atoms with Crippen LogP contribution in [0.5, 0.6) is 0 Å². The number of rotatable bonds is 1. The Morgan fingerprint density at radius 2 is 1.88 bits per heavy atom. The first kappa shape index (κ1) is 10.8. The highest BCUT2D eigenvalue weighted by Crippen LogP contribution is 2.21. The second-order valence-electron chi connectivity index (χ2n) is 3.69. The zero-order valence-corrected chi connectivity index (χ0v) is 8.52. The number of hydrogen-bond donors (Lipinski definition) is 1. The van der Waals surface area contributed by atoms with Crippen LogP contribution >= 0.6 is 0 Å². The lowest BCUT2D eigenvalue weighted by Crippen LogP contribution is -2.51. The zero-order chi connectivity index (χ0) is 11.7. The summed E-state index contributed by atoms with van der Waals surface area (Å²) in [5, 5.41) is 0. The Kier molecular flexibility index (Phi) is 2.70. The highest BCUT2D eigenvalue weighted by Gasteiger charge is 2.32. The monoisotopic (exact) mass is 222 g/mol. The van der Waals surface area contributed by atoms with Crippen LogP contribution in [0.3, 0.4) is 0 Å². The van der Waals surface area contributed by atoms with E-state index in [1.165, 1.54) is 24.3 Å². The van der Waals surface area contributed by atoms with Crippen LogP contribution in [0.15, 0.2) is 24.3 Å². The summed E-state index contributed by atoms with van der Waals surface area (Å²) >= 11 is 0.